The Labute approximate surface area is 195 Å². The molecule has 7 rings (SSSR count). The van der Waals surface area contributed by atoms with Crippen LogP contribution in [0.4, 0.5) is 11.4 Å². The third kappa shape index (κ3) is 2.71. The molecule has 1 saturated heterocycles. The normalized spacial score (nSPS) is 31.5. The van der Waals surface area contributed by atoms with Gasteiger partial charge in [0.05, 0.1) is 17.5 Å². The number of nitrogens with zero attached hydrogens (tertiary/aromatic N) is 1. The lowest BCUT2D eigenvalue weighted by atomic mass is 9.63. The van der Waals surface area contributed by atoms with Crippen molar-refractivity contribution in [2.45, 2.75) is 20.3 Å². The molecule has 0 unspecified atom stereocenters. The molecule has 5 nitrogen and oxygen atoms in total. The number of halogens is 1. The number of imide groups is 1. The summed E-state index contributed by atoms with van der Waals surface area (Å²) >= 11 is 3.51. The second kappa shape index (κ2) is 6.88. The van der Waals surface area contributed by atoms with Crippen molar-refractivity contribution in [1.29, 1.82) is 0 Å². The first-order valence-corrected chi connectivity index (χ1v) is 11.9. The zero-order valence-corrected chi connectivity index (χ0v) is 19.4. The molecule has 1 heterocycles. The van der Waals surface area contributed by atoms with Crippen LogP contribution in [-0.2, 0) is 9.59 Å². The predicted octanol–water partition coefficient (Wildman–Crippen LogP) is 4.88. The van der Waals surface area contributed by atoms with Crippen LogP contribution >= 0.6 is 15.9 Å². The lowest BCUT2D eigenvalue weighted by molar-refractivity contribution is -0.124. The van der Waals surface area contributed by atoms with E-state index in [0.29, 0.717) is 23.1 Å². The van der Waals surface area contributed by atoms with E-state index in [1.165, 1.54) is 4.90 Å². The Morgan fingerprint density at radius 3 is 2.28 bits per heavy atom. The highest BCUT2D eigenvalue weighted by Gasteiger charge is 2.67. The molecule has 1 aliphatic heterocycles. The predicted molar refractivity (Wildman–Crippen MR) is 125 cm³/mol. The summed E-state index contributed by atoms with van der Waals surface area (Å²) in [7, 11) is 0. The molecule has 32 heavy (non-hydrogen) atoms. The number of carbonyl (C=O) groups is 3. The zero-order chi connectivity index (χ0) is 22.3. The minimum absolute atomic E-state index is 0.110. The lowest BCUT2D eigenvalue weighted by Gasteiger charge is -2.37. The van der Waals surface area contributed by atoms with Gasteiger partial charge in [-0.2, -0.15) is 0 Å². The highest BCUT2D eigenvalue weighted by molar-refractivity contribution is 9.10. The summed E-state index contributed by atoms with van der Waals surface area (Å²) in [5, 5.41) is 2.96. The van der Waals surface area contributed by atoms with Gasteiger partial charge in [-0.3, -0.25) is 14.4 Å². The van der Waals surface area contributed by atoms with Gasteiger partial charge in [0.15, 0.2) is 0 Å². The fourth-order valence-electron chi connectivity index (χ4n) is 6.12. The molecular formula is C26H23BrN2O3. The Kier molecular flexibility index (Phi) is 4.28. The van der Waals surface area contributed by atoms with Gasteiger partial charge in [0.1, 0.15) is 0 Å². The number of hydrogen-bond acceptors (Lipinski definition) is 3. The van der Waals surface area contributed by atoms with Crippen LogP contribution in [0.1, 0.15) is 27.9 Å². The van der Waals surface area contributed by atoms with E-state index in [2.05, 4.69) is 33.4 Å². The van der Waals surface area contributed by atoms with Crippen molar-refractivity contribution in [1.82, 2.24) is 0 Å². The second-order valence-corrected chi connectivity index (χ2v) is 10.4. The van der Waals surface area contributed by atoms with Crippen molar-refractivity contribution in [3.8, 4) is 0 Å². The third-order valence-corrected chi connectivity index (χ3v) is 8.86. The SMILES string of the molecule is Cc1c(Br)ccc(NC(=O)c2cccc(N3C(=O)[C@@H]4[C@H]5C=C[C@H]([C@H]6C[C@H]56)[C@@H]4C3=O)c2)c1C. The maximum Gasteiger partial charge on any atom is 0.255 e. The minimum Gasteiger partial charge on any atom is -0.322 e. The van der Waals surface area contributed by atoms with Crippen LogP contribution < -0.4 is 10.2 Å². The molecule has 162 valence electrons. The van der Waals surface area contributed by atoms with E-state index >= 15 is 0 Å². The van der Waals surface area contributed by atoms with E-state index in [9.17, 15) is 14.4 Å². The summed E-state index contributed by atoms with van der Waals surface area (Å²) in [5.74, 6) is 0.534. The molecule has 4 aliphatic carbocycles. The number of allylic oxidation sites excluding steroid dienone is 2. The lowest BCUT2D eigenvalue weighted by Crippen LogP contribution is -2.40. The number of nitrogens with one attached hydrogen (secondary N) is 1. The molecule has 3 fully saturated rings. The number of benzene rings is 2. The van der Waals surface area contributed by atoms with Crippen LogP contribution in [0.3, 0.4) is 0 Å². The number of anilines is 2. The average Bonchev–Trinajstić information content (AvgIpc) is 3.57. The Morgan fingerprint density at radius 2 is 1.62 bits per heavy atom. The molecule has 0 aromatic heterocycles. The monoisotopic (exact) mass is 490 g/mol. The van der Waals surface area contributed by atoms with Crippen molar-refractivity contribution in [3.63, 3.8) is 0 Å². The molecule has 2 bridgehead atoms. The van der Waals surface area contributed by atoms with Gasteiger partial charge in [-0.15, -0.1) is 0 Å². The molecule has 1 N–H and O–H groups in total. The van der Waals surface area contributed by atoms with Crippen LogP contribution in [-0.4, -0.2) is 17.7 Å². The van der Waals surface area contributed by atoms with Crippen LogP contribution in [0, 0.1) is 49.4 Å². The van der Waals surface area contributed by atoms with Gasteiger partial charge in [-0.1, -0.05) is 34.1 Å². The van der Waals surface area contributed by atoms with E-state index in [-0.39, 0.29) is 41.4 Å². The van der Waals surface area contributed by atoms with Gasteiger partial charge in [0.2, 0.25) is 11.8 Å². The van der Waals surface area contributed by atoms with Crippen LogP contribution in [0.25, 0.3) is 0 Å². The molecule has 6 heteroatoms. The van der Waals surface area contributed by atoms with E-state index in [1.807, 2.05) is 26.0 Å². The van der Waals surface area contributed by atoms with Crippen LogP contribution in [0.2, 0.25) is 0 Å². The van der Waals surface area contributed by atoms with Crippen molar-refractivity contribution in [2.75, 3.05) is 10.2 Å². The molecule has 0 radical (unpaired) electrons. The van der Waals surface area contributed by atoms with Gasteiger partial charge in [0, 0.05) is 15.7 Å². The topological polar surface area (TPSA) is 66.5 Å². The van der Waals surface area contributed by atoms with Crippen molar-refractivity contribution in [3.05, 3.63) is 69.7 Å². The average molecular weight is 491 g/mol. The molecule has 2 aromatic carbocycles. The first-order valence-electron chi connectivity index (χ1n) is 11.1. The standard InChI is InChI=1S/C26H23BrN2O3/c1-12-13(2)21(9-8-20(12)27)28-24(30)14-4-3-5-15(10-14)29-25(31)22-16-6-7-17(19-11-18(16)19)23(22)26(29)32/h3-10,16-19,22-23H,11H2,1-2H3,(H,28,30)/t16-,17+,18-,19-,22+,23-/m1/s1. The van der Waals surface area contributed by atoms with E-state index in [4.69, 9.17) is 0 Å². The van der Waals surface area contributed by atoms with Crippen LogP contribution in [0.15, 0.2) is 53.0 Å². The highest BCUT2D eigenvalue weighted by atomic mass is 79.9. The Balaban J connectivity index is 1.28. The first kappa shape index (κ1) is 19.9. The molecule has 2 aromatic rings. The largest absolute Gasteiger partial charge is 0.322 e. The van der Waals surface area contributed by atoms with Crippen LogP contribution in [0.5, 0.6) is 0 Å². The molecule has 3 amide bonds. The maximum absolute atomic E-state index is 13.4. The molecular weight excluding hydrogens is 468 g/mol. The third-order valence-electron chi connectivity index (χ3n) is 8.00. The van der Waals surface area contributed by atoms with E-state index < -0.39 is 0 Å². The fourth-order valence-corrected chi connectivity index (χ4v) is 6.54. The summed E-state index contributed by atoms with van der Waals surface area (Å²) in [6.07, 6.45) is 5.47. The molecule has 2 saturated carbocycles. The summed E-state index contributed by atoms with van der Waals surface area (Å²) < 4.78 is 0.989. The highest BCUT2D eigenvalue weighted by Crippen LogP contribution is 2.65. The molecule has 0 spiro atoms. The summed E-state index contributed by atoms with van der Waals surface area (Å²) in [5.41, 5.74) is 3.69. The zero-order valence-electron chi connectivity index (χ0n) is 17.8. The summed E-state index contributed by atoms with van der Waals surface area (Å²) in [4.78, 5) is 41.0. The Morgan fingerprint density at radius 1 is 0.969 bits per heavy atom. The fraction of sp³-hybridized carbons (Fsp3) is 0.346. The molecule has 5 aliphatic rings. The summed E-state index contributed by atoms with van der Waals surface area (Å²) in [6.45, 7) is 3.95. The van der Waals surface area contributed by atoms with Crippen molar-refractivity contribution >= 4 is 45.0 Å². The Hall–Kier alpha value is -2.73. The number of hydrogen-bond donors (Lipinski definition) is 1. The van der Waals surface area contributed by atoms with E-state index in [1.54, 1.807) is 24.3 Å². The quantitative estimate of drug-likeness (QED) is 0.492. The van der Waals surface area contributed by atoms with Gasteiger partial charge in [-0.05, 0) is 85.4 Å². The Bertz CT molecular complexity index is 1200. The summed E-state index contributed by atoms with van der Waals surface area (Å²) in [6, 6.07) is 10.6. The van der Waals surface area contributed by atoms with E-state index in [0.717, 1.165) is 27.7 Å². The van der Waals surface area contributed by atoms with Gasteiger partial charge >= 0.3 is 0 Å². The maximum atomic E-state index is 13.4. The number of rotatable bonds is 3. The second-order valence-electron chi connectivity index (χ2n) is 9.52. The van der Waals surface area contributed by atoms with Crippen molar-refractivity contribution in [2.24, 2.45) is 35.5 Å². The van der Waals surface area contributed by atoms with Gasteiger partial charge in [0.25, 0.3) is 5.91 Å². The number of amides is 3. The van der Waals surface area contributed by atoms with Crippen molar-refractivity contribution < 1.29 is 14.4 Å². The molecule has 6 atom stereocenters. The number of carbonyl (C=O) groups excluding carboxylic acids is 3. The van der Waals surface area contributed by atoms with Gasteiger partial charge in [-0.25, -0.2) is 4.90 Å². The minimum atomic E-state index is -0.267. The first-order chi connectivity index (χ1) is 15.4. The van der Waals surface area contributed by atoms with Gasteiger partial charge < -0.3 is 5.32 Å². The smallest absolute Gasteiger partial charge is 0.255 e.